The largest absolute Gasteiger partial charge is 0.561 e. The first kappa shape index (κ1) is 13.8. The van der Waals surface area contributed by atoms with Crippen molar-refractivity contribution in [2.24, 2.45) is 5.92 Å². The van der Waals surface area contributed by atoms with Crippen molar-refractivity contribution in [3.05, 3.63) is 29.8 Å². The first-order chi connectivity index (χ1) is 8.97. The van der Waals surface area contributed by atoms with Crippen LogP contribution in [0.3, 0.4) is 0 Å². The van der Waals surface area contributed by atoms with E-state index < -0.39 is 19.0 Å². The number of ketones is 1. The van der Waals surface area contributed by atoms with Gasteiger partial charge in [-0.25, -0.2) is 0 Å². The van der Waals surface area contributed by atoms with Crippen LogP contribution >= 0.6 is 0 Å². The smallest absolute Gasteiger partial charge is 0.505 e. The van der Waals surface area contributed by atoms with Gasteiger partial charge in [0.05, 0.1) is 6.54 Å². The Morgan fingerprint density at radius 2 is 2.05 bits per heavy atom. The summed E-state index contributed by atoms with van der Waals surface area (Å²) < 4.78 is 4.95. The van der Waals surface area contributed by atoms with Crippen molar-refractivity contribution in [1.82, 2.24) is 4.90 Å². The van der Waals surface area contributed by atoms with E-state index in [0.717, 1.165) is 5.56 Å². The van der Waals surface area contributed by atoms with Crippen LogP contribution in [0.4, 0.5) is 0 Å². The van der Waals surface area contributed by atoms with Crippen molar-refractivity contribution < 1.29 is 19.3 Å². The van der Waals surface area contributed by atoms with E-state index in [4.69, 9.17) is 4.65 Å². The van der Waals surface area contributed by atoms with Crippen LogP contribution in [0.15, 0.2) is 24.3 Å². The summed E-state index contributed by atoms with van der Waals surface area (Å²) in [6, 6.07) is 7.02. The highest BCUT2D eigenvalue weighted by Gasteiger charge is 2.37. The molecule has 0 aromatic heterocycles. The lowest BCUT2D eigenvalue weighted by molar-refractivity contribution is -0.142. The van der Waals surface area contributed by atoms with Gasteiger partial charge in [-0.3, -0.25) is 14.5 Å². The Kier molecular flexibility index (Phi) is 4.02. The van der Waals surface area contributed by atoms with Gasteiger partial charge in [-0.15, -0.1) is 0 Å². The van der Waals surface area contributed by atoms with E-state index in [1.807, 2.05) is 19.1 Å². The third-order valence-corrected chi connectivity index (χ3v) is 3.18. The number of nitrogens with zero attached hydrogens (tertiary/aromatic N) is 1. The van der Waals surface area contributed by atoms with Crippen LogP contribution in [0.1, 0.15) is 5.56 Å². The topological polar surface area (TPSA) is 66.8 Å². The number of likely N-dealkylation sites (N-methyl/N-ethyl adjacent to an activating group) is 1. The first-order valence-electron chi connectivity index (χ1n) is 6.14. The van der Waals surface area contributed by atoms with Crippen molar-refractivity contribution in [3.8, 4) is 0 Å². The maximum atomic E-state index is 11.8. The molecule has 1 N–H and O–H groups in total. The molecule has 1 aliphatic heterocycles. The minimum atomic E-state index is -1.33. The number of Topliss-reactive ketones (excluding diaryl/α,β-unsaturated/α-hetero) is 1. The highest BCUT2D eigenvalue weighted by atomic mass is 16.6. The van der Waals surface area contributed by atoms with Gasteiger partial charge < -0.3 is 9.68 Å². The number of hydrogen-bond acceptors (Lipinski definition) is 5. The maximum absolute atomic E-state index is 11.8. The molecule has 1 saturated heterocycles. The van der Waals surface area contributed by atoms with Crippen LogP contribution in [0, 0.1) is 12.8 Å². The highest BCUT2D eigenvalue weighted by molar-refractivity contribution is 6.61. The third kappa shape index (κ3) is 3.21. The van der Waals surface area contributed by atoms with E-state index in [1.54, 1.807) is 24.1 Å². The summed E-state index contributed by atoms with van der Waals surface area (Å²) >= 11 is 0. The molecular weight excluding hydrogens is 245 g/mol. The molecule has 0 saturated carbocycles. The van der Waals surface area contributed by atoms with Gasteiger partial charge in [0.25, 0.3) is 0 Å². The predicted octanol–water partition coefficient (Wildman–Crippen LogP) is -0.644. The average Bonchev–Trinajstić information content (AvgIpc) is 2.69. The van der Waals surface area contributed by atoms with E-state index in [0.29, 0.717) is 12.0 Å². The van der Waals surface area contributed by atoms with Gasteiger partial charge >= 0.3 is 13.1 Å². The molecule has 1 fully saturated rings. The Labute approximate surface area is 112 Å². The second-order valence-corrected chi connectivity index (χ2v) is 4.92. The molecule has 0 amide bonds. The molecule has 1 aliphatic rings. The number of likely N-dealkylation sites (tertiary alicyclic amines) is 1. The van der Waals surface area contributed by atoms with Crippen LogP contribution < -0.4 is 5.46 Å². The molecule has 0 radical (unpaired) electrons. The van der Waals surface area contributed by atoms with Crippen LogP contribution in [-0.4, -0.2) is 48.9 Å². The fraction of sp³-hybridized carbons (Fsp3) is 0.385. The fourth-order valence-corrected chi connectivity index (χ4v) is 2.05. The van der Waals surface area contributed by atoms with Gasteiger partial charge in [-0.1, -0.05) is 29.8 Å². The SMILES string of the molecule is Cc1ccc(B(O)OC(=O)C2CN(C)CC2=O)cc1. The van der Waals surface area contributed by atoms with Gasteiger partial charge in [0.1, 0.15) is 5.92 Å². The van der Waals surface area contributed by atoms with E-state index in [9.17, 15) is 14.6 Å². The molecular formula is C13H16BNO4. The Hall–Kier alpha value is -1.66. The molecule has 1 heterocycles. The van der Waals surface area contributed by atoms with Crippen molar-refractivity contribution >= 4 is 24.3 Å². The van der Waals surface area contributed by atoms with Crippen LogP contribution in [0.25, 0.3) is 0 Å². The quantitative estimate of drug-likeness (QED) is 0.579. The molecule has 0 spiro atoms. The summed E-state index contributed by atoms with van der Waals surface area (Å²) in [5, 5.41) is 9.83. The standard InChI is InChI=1S/C13H16BNO4/c1-9-3-5-10(6-4-9)14(18)19-13(17)11-7-15(2)8-12(11)16/h3-6,11,18H,7-8H2,1-2H3. The van der Waals surface area contributed by atoms with E-state index in [1.165, 1.54) is 0 Å². The number of carbonyl (C=O) groups is 2. The minimum Gasteiger partial charge on any atom is -0.505 e. The number of aryl methyl sites for hydroxylation is 1. The molecule has 1 aromatic rings. The Balaban J connectivity index is 1.99. The zero-order valence-corrected chi connectivity index (χ0v) is 11.0. The molecule has 1 unspecified atom stereocenters. The molecule has 19 heavy (non-hydrogen) atoms. The zero-order valence-electron chi connectivity index (χ0n) is 11.0. The van der Waals surface area contributed by atoms with Crippen LogP contribution in [0.5, 0.6) is 0 Å². The van der Waals surface area contributed by atoms with E-state index in [-0.39, 0.29) is 12.3 Å². The maximum Gasteiger partial charge on any atom is 0.561 e. The van der Waals surface area contributed by atoms with E-state index in [2.05, 4.69) is 0 Å². The lowest BCUT2D eigenvalue weighted by Crippen LogP contribution is -2.39. The summed E-state index contributed by atoms with van der Waals surface area (Å²) in [6.07, 6.45) is 0. The molecule has 2 rings (SSSR count). The lowest BCUT2D eigenvalue weighted by atomic mass is 9.79. The summed E-state index contributed by atoms with van der Waals surface area (Å²) in [5.41, 5.74) is 1.55. The van der Waals surface area contributed by atoms with Crippen LogP contribution in [0.2, 0.25) is 0 Å². The van der Waals surface area contributed by atoms with Crippen molar-refractivity contribution in [2.75, 3.05) is 20.1 Å². The molecule has 6 heteroatoms. The fourth-order valence-electron chi connectivity index (χ4n) is 2.05. The number of hydrogen-bond donors (Lipinski definition) is 1. The second kappa shape index (κ2) is 5.55. The second-order valence-electron chi connectivity index (χ2n) is 4.92. The summed E-state index contributed by atoms with van der Waals surface area (Å²) in [6.45, 7) is 2.52. The van der Waals surface area contributed by atoms with E-state index >= 15 is 0 Å². The molecule has 100 valence electrons. The van der Waals surface area contributed by atoms with Gasteiger partial charge in [-0.05, 0) is 19.4 Å². The van der Waals surface area contributed by atoms with Gasteiger partial charge in [0.2, 0.25) is 0 Å². The molecule has 0 bridgehead atoms. The zero-order chi connectivity index (χ0) is 14.0. The monoisotopic (exact) mass is 261 g/mol. The number of rotatable bonds is 3. The Morgan fingerprint density at radius 3 is 2.58 bits per heavy atom. The molecule has 0 aliphatic carbocycles. The Bertz CT molecular complexity index is 488. The van der Waals surface area contributed by atoms with Crippen molar-refractivity contribution in [2.45, 2.75) is 6.92 Å². The summed E-state index contributed by atoms with van der Waals surface area (Å²) in [7, 11) is 0.438. The van der Waals surface area contributed by atoms with Gasteiger partial charge in [0, 0.05) is 6.54 Å². The highest BCUT2D eigenvalue weighted by Crippen LogP contribution is 2.12. The first-order valence-corrected chi connectivity index (χ1v) is 6.14. The Morgan fingerprint density at radius 1 is 1.42 bits per heavy atom. The van der Waals surface area contributed by atoms with Crippen molar-refractivity contribution in [3.63, 3.8) is 0 Å². The summed E-state index contributed by atoms with van der Waals surface area (Å²) in [5.74, 6) is -1.61. The number of benzene rings is 1. The third-order valence-electron chi connectivity index (χ3n) is 3.18. The predicted molar refractivity (Wildman–Crippen MR) is 70.9 cm³/mol. The lowest BCUT2D eigenvalue weighted by Gasteiger charge is -2.12. The van der Waals surface area contributed by atoms with Crippen molar-refractivity contribution in [1.29, 1.82) is 0 Å². The molecule has 1 aromatic carbocycles. The molecule has 1 atom stereocenters. The van der Waals surface area contributed by atoms with Gasteiger partial charge in [-0.2, -0.15) is 0 Å². The van der Waals surface area contributed by atoms with Crippen LogP contribution in [-0.2, 0) is 14.2 Å². The minimum absolute atomic E-state index is 0.163. The number of carbonyl (C=O) groups excluding carboxylic acids is 2. The average molecular weight is 261 g/mol. The van der Waals surface area contributed by atoms with Gasteiger partial charge in [0.15, 0.2) is 5.78 Å². The molecule has 5 nitrogen and oxygen atoms in total. The normalized spacial score (nSPS) is 19.5. The summed E-state index contributed by atoms with van der Waals surface area (Å²) in [4.78, 5) is 25.1.